The van der Waals surface area contributed by atoms with Gasteiger partial charge in [-0.25, -0.2) is 0 Å². The number of aliphatic carboxylic acids is 1. The van der Waals surface area contributed by atoms with Crippen LogP contribution in [0.1, 0.15) is 42.9 Å². The fourth-order valence-corrected chi connectivity index (χ4v) is 3.10. The van der Waals surface area contributed by atoms with E-state index < -0.39 is 5.97 Å². The number of aryl methyl sites for hydroxylation is 1. The van der Waals surface area contributed by atoms with E-state index in [0.29, 0.717) is 18.9 Å². The number of nitrogens with one attached hydrogen (secondary N) is 1. The van der Waals surface area contributed by atoms with Crippen molar-refractivity contribution in [3.63, 3.8) is 0 Å². The zero-order chi connectivity index (χ0) is 14.8. The van der Waals surface area contributed by atoms with E-state index in [1.54, 1.807) is 0 Å². The van der Waals surface area contributed by atoms with Crippen LogP contribution in [0.2, 0.25) is 0 Å². The summed E-state index contributed by atoms with van der Waals surface area (Å²) in [4.78, 5) is 11.1. The molecule has 114 valence electrons. The van der Waals surface area contributed by atoms with Gasteiger partial charge in [0.2, 0.25) is 0 Å². The van der Waals surface area contributed by atoms with Gasteiger partial charge >= 0.3 is 5.97 Å². The average Bonchev–Trinajstić information content (AvgIpc) is 2.88. The van der Waals surface area contributed by atoms with Crippen LogP contribution in [0.3, 0.4) is 0 Å². The van der Waals surface area contributed by atoms with Crippen molar-refractivity contribution >= 4 is 5.97 Å². The molecule has 0 aromatic heterocycles. The van der Waals surface area contributed by atoms with Crippen LogP contribution in [0.15, 0.2) is 18.2 Å². The van der Waals surface area contributed by atoms with Crippen molar-refractivity contribution in [1.82, 2.24) is 5.32 Å². The van der Waals surface area contributed by atoms with Crippen molar-refractivity contribution in [3.8, 4) is 5.75 Å². The van der Waals surface area contributed by atoms with Crippen molar-refractivity contribution in [3.05, 3.63) is 29.3 Å². The van der Waals surface area contributed by atoms with Crippen molar-refractivity contribution in [1.29, 1.82) is 0 Å². The molecule has 1 aliphatic carbocycles. The molecule has 1 aromatic carbocycles. The van der Waals surface area contributed by atoms with Gasteiger partial charge in [-0.15, -0.1) is 0 Å². The second-order valence-electron chi connectivity index (χ2n) is 6.38. The maximum atomic E-state index is 11.1. The monoisotopic (exact) mass is 289 g/mol. The minimum atomic E-state index is -0.713. The summed E-state index contributed by atoms with van der Waals surface area (Å²) in [6, 6.07) is 6.29. The first kappa shape index (κ1) is 14.4. The topological polar surface area (TPSA) is 58.6 Å². The summed E-state index contributed by atoms with van der Waals surface area (Å²) in [6.45, 7) is 3.38. The Hall–Kier alpha value is -1.55. The molecule has 2 aliphatic rings. The fraction of sp³-hybridized carbons (Fsp3) is 0.588. The number of ether oxygens (including phenoxy) is 1. The Kier molecular flexibility index (Phi) is 4.15. The highest BCUT2D eigenvalue weighted by molar-refractivity contribution is 5.71. The lowest BCUT2D eigenvalue weighted by molar-refractivity contribution is -0.141. The van der Waals surface area contributed by atoms with Gasteiger partial charge in [-0.05, 0) is 38.2 Å². The molecule has 1 aromatic rings. The summed E-state index contributed by atoms with van der Waals surface area (Å²) in [6.07, 6.45) is 4.49. The first-order valence-electron chi connectivity index (χ1n) is 7.83. The van der Waals surface area contributed by atoms with Gasteiger partial charge in [0.05, 0.1) is 12.5 Å². The van der Waals surface area contributed by atoms with Crippen LogP contribution >= 0.6 is 0 Å². The first-order chi connectivity index (χ1) is 10.1. The fourth-order valence-electron chi connectivity index (χ4n) is 3.10. The van der Waals surface area contributed by atoms with Crippen molar-refractivity contribution in [2.45, 2.75) is 38.6 Å². The Bertz CT molecular complexity index is 525. The molecule has 1 saturated carbocycles. The predicted octanol–water partition coefficient (Wildman–Crippen LogP) is 2.91. The van der Waals surface area contributed by atoms with E-state index in [9.17, 15) is 4.79 Å². The van der Waals surface area contributed by atoms with Crippen LogP contribution in [-0.2, 0) is 4.79 Å². The Morgan fingerprint density at radius 1 is 1.43 bits per heavy atom. The zero-order valence-electron chi connectivity index (χ0n) is 12.5. The molecule has 0 amide bonds. The van der Waals surface area contributed by atoms with Crippen LogP contribution < -0.4 is 10.1 Å². The third-order valence-electron chi connectivity index (χ3n) is 4.72. The Morgan fingerprint density at radius 2 is 2.24 bits per heavy atom. The summed E-state index contributed by atoms with van der Waals surface area (Å²) in [5, 5.41) is 12.5. The van der Waals surface area contributed by atoms with Crippen molar-refractivity contribution < 1.29 is 14.6 Å². The molecule has 2 unspecified atom stereocenters. The minimum Gasteiger partial charge on any atom is -0.493 e. The predicted molar refractivity (Wildman–Crippen MR) is 80.5 cm³/mol. The summed E-state index contributed by atoms with van der Waals surface area (Å²) < 4.78 is 6.02. The highest BCUT2D eigenvalue weighted by atomic mass is 16.5. The molecule has 21 heavy (non-hydrogen) atoms. The third-order valence-corrected chi connectivity index (χ3v) is 4.72. The van der Waals surface area contributed by atoms with Crippen LogP contribution in [0.25, 0.3) is 0 Å². The minimum absolute atomic E-state index is 0.0855. The van der Waals surface area contributed by atoms with E-state index in [4.69, 9.17) is 9.84 Å². The van der Waals surface area contributed by atoms with E-state index in [1.807, 2.05) is 6.07 Å². The maximum absolute atomic E-state index is 11.1. The second-order valence-corrected chi connectivity index (χ2v) is 6.38. The second kappa shape index (κ2) is 6.06. The van der Waals surface area contributed by atoms with Gasteiger partial charge in [-0.3, -0.25) is 4.79 Å². The zero-order valence-corrected chi connectivity index (χ0v) is 12.5. The molecule has 2 fully saturated rings. The van der Waals surface area contributed by atoms with E-state index in [2.05, 4.69) is 24.4 Å². The molecule has 0 spiro atoms. The van der Waals surface area contributed by atoms with Crippen LogP contribution in [0.5, 0.6) is 5.75 Å². The normalized spacial score (nSPS) is 25.6. The van der Waals surface area contributed by atoms with Crippen molar-refractivity contribution in [2.75, 3.05) is 13.2 Å². The summed E-state index contributed by atoms with van der Waals surface area (Å²) in [7, 11) is 0. The van der Waals surface area contributed by atoms with Gasteiger partial charge in [-0.1, -0.05) is 24.1 Å². The number of carbonyl (C=O) groups is 1. The lowest BCUT2D eigenvalue weighted by Gasteiger charge is -2.26. The molecule has 1 saturated heterocycles. The lowest BCUT2D eigenvalue weighted by Crippen LogP contribution is -2.21. The number of carboxylic acid groups (broad SMARTS) is 1. The number of hydrogen-bond donors (Lipinski definition) is 2. The molecule has 4 heteroatoms. The van der Waals surface area contributed by atoms with E-state index in [-0.39, 0.29) is 12.0 Å². The van der Waals surface area contributed by atoms with E-state index in [1.165, 1.54) is 24.8 Å². The SMILES string of the molecule is Cc1ccc(OCC2CCC2)c(C2CC(C(=O)O)CN2)c1. The molecule has 1 aliphatic heterocycles. The molecule has 3 rings (SSSR count). The van der Waals surface area contributed by atoms with E-state index >= 15 is 0 Å². The number of carboxylic acids is 1. The van der Waals surface area contributed by atoms with Gasteiger partial charge in [0.1, 0.15) is 5.75 Å². The van der Waals surface area contributed by atoms with Gasteiger partial charge in [0.25, 0.3) is 0 Å². The molecule has 4 nitrogen and oxygen atoms in total. The molecular weight excluding hydrogens is 266 g/mol. The van der Waals surface area contributed by atoms with Crippen LogP contribution in [0, 0.1) is 18.8 Å². The summed E-state index contributed by atoms with van der Waals surface area (Å²) in [5.41, 5.74) is 2.29. The number of benzene rings is 1. The largest absolute Gasteiger partial charge is 0.493 e. The summed E-state index contributed by atoms with van der Waals surface area (Å²) >= 11 is 0. The third kappa shape index (κ3) is 3.21. The molecular formula is C17H23NO3. The first-order valence-corrected chi connectivity index (χ1v) is 7.83. The molecule has 1 heterocycles. The standard InChI is InChI=1S/C17H23NO3/c1-11-5-6-16(21-10-12-3-2-4-12)14(7-11)15-8-13(9-18-15)17(19)20/h5-7,12-13,15,18H,2-4,8-10H2,1H3,(H,19,20). The lowest BCUT2D eigenvalue weighted by atomic mass is 9.86. The molecule has 0 bridgehead atoms. The van der Waals surface area contributed by atoms with E-state index in [0.717, 1.165) is 17.9 Å². The Labute approximate surface area is 125 Å². The van der Waals surface area contributed by atoms with Crippen LogP contribution in [-0.4, -0.2) is 24.2 Å². The Morgan fingerprint density at radius 3 is 2.86 bits per heavy atom. The Balaban J connectivity index is 1.73. The smallest absolute Gasteiger partial charge is 0.307 e. The quantitative estimate of drug-likeness (QED) is 0.875. The highest BCUT2D eigenvalue weighted by Crippen LogP contribution is 2.35. The molecule has 2 atom stereocenters. The summed E-state index contributed by atoms with van der Waals surface area (Å²) in [5.74, 6) is 0.600. The van der Waals surface area contributed by atoms with Gasteiger partial charge in [0, 0.05) is 18.2 Å². The van der Waals surface area contributed by atoms with Gasteiger partial charge < -0.3 is 15.2 Å². The number of rotatable bonds is 5. The molecule has 0 radical (unpaired) electrons. The van der Waals surface area contributed by atoms with Crippen molar-refractivity contribution in [2.24, 2.45) is 11.8 Å². The van der Waals surface area contributed by atoms with Gasteiger partial charge in [0.15, 0.2) is 0 Å². The average molecular weight is 289 g/mol. The molecule has 2 N–H and O–H groups in total. The number of hydrogen-bond acceptors (Lipinski definition) is 3. The highest BCUT2D eigenvalue weighted by Gasteiger charge is 2.32. The van der Waals surface area contributed by atoms with Gasteiger partial charge in [-0.2, -0.15) is 0 Å². The van der Waals surface area contributed by atoms with Crippen LogP contribution in [0.4, 0.5) is 0 Å². The maximum Gasteiger partial charge on any atom is 0.307 e.